The summed E-state index contributed by atoms with van der Waals surface area (Å²) in [6.45, 7) is 8.63. The average Bonchev–Trinajstić information content (AvgIpc) is 2.58. The smallest absolute Gasteiger partial charge is 0.162 e. The van der Waals surface area contributed by atoms with Crippen molar-refractivity contribution in [2.75, 3.05) is 18.6 Å². The number of rotatable bonds is 8. The predicted molar refractivity (Wildman–Crippen MR) is 103 cm³/mol. The van der Waals surface area contributed by atoms with Gasteiger partial charge in [-0.1, -0.05) is 30.4 Å². The van der Waals surface area contributed by atoms with E-state index < -0.39 is 0 Å². The van der Waals surface area contributed by atoms with Crippen LogP contribution >= 0.6 is 15.9 Å². The summed E-state index contributed by atoms with van der Waals surface area (Å²) in [6, 6.07) is 11.8. The van der Waals surface area contributed by atoms with Gasteiger partial charge in [0.15, 0.2) is 11.5 Å². The molecule has 0 saturated heterocycles. The number of nitrogens with zero attached hydrogens (tertiary/aromatic N) is 1. The average molecular weight is 389 g/mol. The summed E-state index contributed by atoms with van der Waals surface area (Å²) < 4.78 is 12.1. The Kier molecular flexibility index (Phi) is 6.88. The maximum atomic E-state index is 5.65. The van der Waals surface area contributed by atoms with Crippen molar-refractivity contribution < 1.29 is 9.47 Å². The molecule has 0 unspecified atom stereocenters. The number of hydrogen-bond acceptors (Lipinski definition) is 4. The SMILES string of the molecule is C=CCOc1cc(Br)c(/C=N\Nc2ccc(C)cc2)cc1OCC. The van der Waals surface area contributed by atoms with Gasteiger partial charge in [0.05, 0.1) is 18.5 Å². The van der Waals surface area contributed by atoms with Crippen molar-refractivity contribution in [2.45, 2.75) is 13.8 Å². The molecule has 0 aliphatic rings. The van der Waals surface area contributed by atoms with Crippen molar-refractivity contribution >= 4 is 27.8 Å². The Morgan fingerprint density at radius 1 is 1.17 bits per heavy atom. The Hall–Kier alpha value is -2.27. The van der Waals surface area contributed by atoms with Crippen molar-refractivity contribution in [2.24, 2.45) is 5.10 Å². The summed E-state index contributed by atoms with van der Waals surface area (Å²) in [7, 11) is 0. The van der Waals surface area contributed by atoms with Gasteiger partial charge in [0.1, 0.15) is 6.61 Å². The van der Waals surface area contributed by atoms with Gasteiger partial charge >= 0.3 is 0 Å². The van der Waals surface area contributed by atoms with Crippen LogP contribution in [0.4, 0.5) is 5.69 Å². The molecule has 5 heteroatoms. The first-order valence-electron chi connectivity index (χ1n) is 7.69. The van der Waals surface area contributed by atoms with Gasteiger partial charge < -0.3 is 9.47 Å². The number of aryl methyl sites for hydroxylation is 1. The highest BCUT2D eigenvalue weighted by molar-refractivity contribution is 9.10. The molecule has 2 rings (SSSR count). The Bertz CT molecular complexity index is 712. The molecule has 0 amide bonds. The van der Waals surface area contributed by atoms with Crippen LogP contribution in [0.1, 0.15) is 18.1 Å². The van der Waals surface area contributed by atoms with Crippen LogP contribution in [0.2, 0.25) is 0 Å². The van der Waals surface area contributed by atoms with Crippen molar-refractivity contribution in [3.63, 3.8) is 0 Å². The summed E-state index contributed by atoms with van der Waals surface area (Å²) in [5.41, 5.74) is 6.05. The maximum absolute atomic E-state index is 5.65. The van der Waals surface area contributed by atoms with Gasteiger partial charge in [-0.2, -0.15) is 5.10 Å². The van der Waals surface area contributed by atoms with Crippen molar-refractivity contribution in [1.82, 2.24) is 0 Å². The molecule has 0 aliphatic heterocycles. The number of hydrazone groups is 1. The molecule has 24 heavy (non-hydrogen) atoms. The highest BCUT2D eigenvalue weighted by Gasteiger charge is 2.09. The number of anilines is 1. The fourth-order valence-corrected chi connectivity index (χ4v) is 2.41. The van der Waals surface area contributed by atoms with E-state index in [4.69, 9.17) is 9.47 Å². The normalized spacial score (nSPS) is 10.6. The molecule has 0 aromatic heterocycles. The minimum atomic E-state index is 0.426. The van der Waals surface area contributed by atoms with E-state index in [1.807, 2.05) is 43.3 Å². The lowest BCUT2D eigenvalue weighted by Gasteiger charge is -2.12. The molecular formula is C19H21BrN2O2. The minimum absolute atomic E-state index is 0.426. The molecular weight excluding hydrogens is 368 g/mol. The molecule has 0 atom stereocenters. The van der Waals surface area contributed by atoms with Gasteiger partial charge in [-0.3, -0.25) is 5.43 Å². The van der Waals surface area contributed by atoms with Crippen molar-refractivity contribution in [1.29, 1.82) is 0 Å². The third-order valence-corrected chi connectivity index (χ3v) is 3.86. The van der Waals surface area contributed by atoms with Crippen LogP contribution < -0.4 is 14.9 Å². The van der Waals surface area contributed by atoms with Gasteiger partial charge in [-0.15, -0.1) is 0 Å². The van der Waals surface area contributed by atoms with E-state index in [1.54, 1.807) is 12.3 Å². The van der Waals surface area contributed by atoms with Gasteiger partial charge in [0.25, 0.3) is 0 Å². The molecule has 0 bridgehead atoms. The highest BCUT2D eigenvalue weighted by Crippen LogP contribution is 2.33. The zero-order valence-electron chi connectivity index (χ0n) is 13.9. The lowest BCUT2D eigenvalue weighted by Crippen LogP contribution is -2.01. The topological polar surface area (TPSA) is 42.8 Å². The predicted octanol–water partition coefficient (Wildman–Crippen LogP) is 5.17. The Morgan fingerprint density at radius 3 is 2.54 bits per heavy atom. The van der Waals surface area contributed by atoms with E-state index in [-0.39, 0.29) is 0 Å². The van der Waals surface area contributed by atoms with E-state index in [0.717, 1.165) is 15.7 Å². The second-order valence-corrected chi connectivity index (χ2v) is 5.94. The number of hydrogen-bond donors (Lipinski definition) is 1. The van der Waals surface area contributed by atoms with Crippen LogP contribution in [0, 0.1) is 6.92 Å². The molecule has 1 N–H and O–H groups in total. The van der Waals surface area contributed by atoms with Gasteiger partial charge in [-0.25, -0.2) is 0 Å². The second-order valence-electron chi connectivity index (χ2n) is 5.09. The molecule has 126 valence electrons. The first-order chi connectivity index (χ1) is 11.6. The maximum Gasteiger partial charge on any atom is 0.162 e. The van der Waals surface area contributed by atoms with E-state index in [0.29, 0.717) is 24.7 Å². The summed E-state index contributed by atoms with van der Waals surface area (Å²) in [5.74, 6) is 1.35. The Morgan fingerprint density at radius 2 is 1.88 bits per heavy atom. The third-order valence-electron chi connectivity index (χ3n) is 3.17. The summed E-state index contributed by atoms with van der Waals surface area (Å²) in [5, 5.41) is 4.28. The molecule has 0 heterocycles. The quantitative estimate of drug-likeness (QED) is 0.385. The van der Waals surface area contributed by atoms with Crippen molar-refractivity contribution in [3.8, 4) is 11.5 Å². The Labute approximate surface area is 151 Å². The van der Waals surface area contributed by atoms with Crippen LogP contribution in [0.5, 0.6) is 11.5 Å². The molecule has 0 spiro atoms. The molecule has 0 saturated carbocycles. The number of ether oxygens (including phenoxy) is 2. The molecule has 0 aliphatic carbocycles. The molecule has 2 aromatic carbocycles. The summed E-state index contributed by atoms with van der Waals surface area (Å²) >= 11 is 3.54. The van der Waals surface area contributed by atoms with Gasteiger partial charge in [-0.05, 0) is 54.0 Å². The van der Waals surface area contributed by atoms with Crippen LogP contribution in [0.25, 0.3) is 0 Å². The van der Waals surface area contributed by atoms with Crippen LogP contribution in [-0.4, -0.2) is 19.4 Å². The molecule has 2 aromatic rings. The lowest BCUT2D eigenvalue weighted by molar-refractivity contribution is 0.296. The second kappa shape index (κ2) is 9.13. The van der Waals surface area contributed by atoms with E-state index in [1.165, 1.54) is 5.56 Å². The first-order valence-corrected chi connectivity index (χ1v) is 8.49. The number of halogens is 1. The van der Waals surface area contributed by atoms with Gasteiger partial charge in [0, 0.05) is 10.0 Å². The monoisotopic (exact) mass is 388 g/mol. The van der Waals surface area contributed by atoms with E-state index in [2.05, 4.69) is 40.0 Å². The molecule has 4 nitrogen and oxygen atoms in total. The Balaban J connectivity index is 2.16. The van der Waals surface area contributed by atoms with Crippen molar-refractivity contribution in [3.05, 3.63) is 64.7 Å². The zero-order chi connectivity index (χ0) is 17.4. The van der Waals surface area contributed by atoms with Crippen LogP contribution in [-0.2, 0) is 0 Å². The fraction of sp³-hybridized carbons (Fsp3) is 0.211. The fourth-order valence-electron chi connectivity index (χ4n) is 1.98. The minimum Gasteiger partial charge on any atom is -0.490 e. The van der Waals surface area contributed by atoms with E-state index in [9.17, 15) is 0 Å². The molecule has 0 radical (unpaired) electrons. The zero-order valence-corrected chi connectivity index (χ0v) is 15.5. The van der Waals surface area contributed by atoms with Crippen LogP contribution in [0.3, 0.4) is 0 Å². The van der Waals surface area contributed by atoms with E-state index >= 15 is 0 Å². The number of nitrogens with one attached hydrogen (secondary N) is 1. The summed E-state index contributed by atoms with van der Waals surface area (Å²) in [4.78, 5) is 0. The lowest BCUT2D eigenvalue weighted by atomic mass is 10.2. The number of benzene rings is 2. The highest BCUT2D eigenvalue weighted by atomic mass is 79.9. The summed E-state index contributed by atoms with van der Waals surface area (Å²) in [6.07, 6.45) is 3.44. The van der Waals surface area contributed by atoms with Gasteiger partial charge in [0.2, 0.25) is 0 Å². The van der Waals surface area contributed by atoms with Crippen LogP contribution in [0.15, 0.2) is 58.6 Å². The standard InChI is InChI=1S/C19H21BrN2O2/c1-4-10-24-19-12-17(20)15(11-18(19)23-5-2)13-21-22-16-8-6-14(3)7-9-16/h4,6-9,11-13,22H,1,5,10H2,2-3H3/b21-13-. The largest absolute Gasteiger partial charge is 0.490 e. The third kappa shape index (κ3) is 5.13. The first kappa shape index (κ1) is 18.1. The molecule has 0 fully saturated rings.